The maximum atomic E-state index is 12.6. The molecule has 106 valence electrons. The molecule has 0 fully saturated rings. The van der Waals surface area contributed by atoms with Gasteiger partial charge in [0.1, 0.15) is 5.56 Å². The van der Waals surface area contributed by atoms with Crippen molar-refractivity contribution >= 4 is 5.97 Å². The fourth-order valence-electron chi connectivity index (χ4n) is 1.16. The Morgan fingerprint density at radius 1 is 1.42 bits per heavy atom. The quantitative estimate of drug-likeness (QED) is 0.862. The molecule has 1 aromatic rings. The van der Waals surface area contributed by atoms with Gasteiger partial charge in [-0.15, -0.1) is 13.2 Å². The van der Waals surface area contributed by atoms with Crippen LogP contribution in [0, 0.1) is 0 Å². The third-order valence-corrected chi connectivity index (χ3v) is 1.84. The highest BCUT2D eigenvalue weighted by Gasteiger charge is 2.37. The van der Waals surface area contributed by atoms with Gasteiger partial charge in [-0.05, 0) is 0 Å². The van der Waals surface area contributed by atoms with E-state index in [0.717, 1.165) is 7.11 Å². The Hall–Kier alpha value is -2.13. The molecule has 0 unspecified atom stereocenters. The molecule has 0 bridgehead atoms. The van der Waals surface area contributed by atoms with Gasteiger partial charge >= 0.3 is 12.3 Å². The van der Waals surface area contributed by atoms with Gasteiger partial charge in [0.15, 0.2) is 11.4 Å². The van der Waals surface area contributed by atoms with Crippen molar-refractivity contribution < 1.29 is 41.3 Å². The van der Waals surface area contributed by atoms with Gasteiger partial charge in [0, 0.05) is 6.07 Å². The number of hydrogen-bond acceptors (Lipinski definition) is 4. The molecule has 0 aliphatic rings. The minimum absolute atomic E-state index is 0.551. The predicted molar refractivity (Wildman–Crippen MR) is 49.4 cm³/mol. The van der Waals surface area contributed by atoms with E-state index >= 15 is 0 Å². The Labute approximate surface area is 102 Å². The fourth-order valence-corrected chi connectivity index (χ4v) is 1.16. The molecule has 0 saturated carbocycles. The second-order valence-electron chi connectivity index (χ2n) is 3.08. The third kappa shape index (κ3) is 3.66. The molecule has 1 heterocycles. The molecule has 0 radical (unpaired) electrons. The van der Waals surface area contributed by atoms with Crippen LogP contribution in [-0.2, 0) is 0 Å². The van der Waals surface area contributed by atoms with Crippen molar-refractivity contribution in [3.63, 3.8) is 0 Å². The van der Waals surface area contributed by atoms with E-state index in [4.69, 9.17) is 5.11 Å². The van der Waals surface area contributed by atoms with Crippen molar-refractivity contribution in [3.8, 4) is 11.6 Å². The Balaban J connectivity index is 3.49. The van der Waals surface area contributed by atoms with E-state index < -0.39 is 41.6 Å². The van der Waals surface area contributed by atoms with Crippen molar-refractivity contribution in [2.75, 3.05) is 7.11 Å². The number of pyridine rings is 1. The monoisotopic (exact) mass is 287 g/mol. The molecule has 0 amide bonds. The summed E-state index contributed by atoms with van der Waals surface area (Å²) < 4.78 is 69.2. The van der Waals surface area contributed by atoms with E-state index in [2.05, 4.69) is 14.5 Å². The summed E-state index contributed by atoms with van der Waals surface area (Å²) in [6.45, 7) is 0. The summed E-state index contributed by atoms with van der Waals surface area (Å²) in [5.41, 5.74) is -2.59. The SMILES string of the molecule is COc1cc(C(=O)O)c(OC(F)(F)F)c(C(F)F)n1. The van der Waals surface area contributed by atoms with Crippen LogP contribution in [0.25, 0.3) is 0 Å². The molecule has 19 heavy (non-hydrogen) atoms. The van der Waals surface area contributed by atoms with E-state index in [1.807, 2.05) is 0 Å². The van der Waals surface area contributed by atoms with Crippen molar-refractivity contribution in [1.82, 2.24) is 4.98 Å². The molecule has 0 spiro atoms. The largest absolute Gasteiger partial charge is 0.573 e. The van der Waals surface area contributed by atoms with Crippen LogP contribution in [0.3, 0.4) is 0 Å². The van der Waals surface area contributed by atoms with E-state index in [9.17, 15) is 26.7 Å². The Morgan fingerprint density at radius 2 is 2.00 bits per heavy atom. The van der Waals surface area contributed by atoms with Gasteiger partial charge in [0.25, 0.3) is 6.43 Å². The van der Waals surface area contributed by atoms with E-state index in [-0.39, 0.29) is 0 Å². The van der Waals surface area contributed by atoms with Crippen molar-refractivity contribution in [2.24, 2.45) is 0 Å². The summed E-state index contributed by atoms with van der Waals surface area (Å²) in [6, 6.07) is 0.551. The summed E-state index contributed by atoms with van der Waals surface area (Å²) in [6.07, 6.45) is -8.80. The Morgan fingerprint density at radius 3 is 2.37 bits per heavy atom. The van der Waals surface area contributed by atoms with Crippen molar-refractivity contribution in [1.29, 1.82) is 0 Å². The smallest absolute Gasteiger partial charge is 0.481 e. The van der Waals surface area contributed by atoms with Crippen LogP contribution in [0.4, 0.5) is 22.0 Å². The van der Waals surface area contributed by atoms with Crippen molar-refractivity contribution in [2.45, 2.75) is 12.8 Å². The number of halogens is 5. The highest BCUT2D eigenvalue weighted by molar-refractivity contribution is 5.91. The Bertz CT molecular complexity index is 488. The lowest BCUT2D eigenvalue weighted by Gasteiger charge is -2.15. The van der Waals surface area contributed by atoms with Crippen LogP contribution >= 0.6 is 0 Å². The van der Waals surface area contributed by atoms with Gasteiger partial charge in [-0.3, -0.25) is 0 Å². The first kappa shape index (κ1) is 14.9. The molecular formula is C9H6F5NO4. The summed E-state index contributed by atoms with van der Waals surface area (Å²) in [4.78, 5) is 13.8. The minimum Gasteiger partial charge on any atom is -0.481 e. The zero-order valence-electron chi connectivity index (χ0n) is 9.16. The number of nitrogens with zero attached hydrogens (tertiary/aromatic N) is 1. The highest BCUT2D eigenvalue weighted by atomic mass is 19.4. The zero-order valence-corrected chi connectivity index (χ0v) is 9.16. The fraction of sp³-hybridized carbons (Fsp3) is 0.333. The average molecular weight is 287 g/mol. The molecule has 5 nitrogen and oxygen atoms in total. The number of aromatic carboxylic acids is 1. The second-order valence-corrected chi connectivity index (χ2v) is 3.08. The maximum Gasteiger partial charge on any atom is 0.573 e. The second kappa shape index (κ2) is 5.24. The molecule has 10 heteroatoms. The summed E-state index contributed by atoms with van der Waals surface area (Å²) in [5, 5.41) is 8.71. The Kier molecular flexibility index (Phi) is 4.12. The van der Waals surface area contributed by atoms with Crippen LogP contribution in [-0.4, -0.2) is 29.5 Å². The molecule has 1 N–H and O–H groups in total. The average Bonchev–Trinajstić information content (AvgIpc) is 2.26. The first-order chi connectivity index (χ1) is 8.65. The molecular weight excluding hydrogens is 281 g/mol. The topological polar surface area (TPSA) is 68.7 Å². The standard InChI is InChI=1S/C9H6F5NO4/c1-18-4-2-3(8(16)17)6(19-9(12,13)14)5(15-4)7(10)11/h2,7H,1H3,(H,16,17). The zero-order chi connectivity index (χ0) is 14.8. The van der Waals surface area contributed by atoms with Crippen LogP contribution < -0.4 is 9.47 Å². The first-order valence-electron chi connectivity index (χ1n) is 4.51. The highest BCUT2D eigenvalue weighted by Crippen LogP contribution is 2.36. The van der Waals surface area contributed by atoms with Gasteiger partial charge < -0.3 is 14.6 Å². The number of rotatable bonds is 4. The molecule has 1 aromatic heterocycles. The number of methoxy groups -OCH3 is 1. The van der Waals surface area contributed by atoms with Gasteiger partial charge in [-0.25, -0.2) is 18.6 Å². The lowest BCUT2D eigenvalue weighted by atomic mass is 10.2. The van der Waals surface area contributed by atoms with Gasteiger partial charge in [0.2, 0.25) is 5.88 Å². The maximum absolute atomic E-state index is 12.6. The summed E-state index contributed by atoms with van der Waals surface area (Å²) in [5.74, 6) is -4.01. The van der Waals surface area contributed by atoms with E-state index in [1.165, 1.54) is 0 Å². The van der Waals surface area contributed by atoms with E-state index in [1.54, 1.807) is 0 Å². The molecule has 0 saturated heterocycles. The van der Waals surface area contributed by atoms with Gasteiger partial charge in [-0.2, -0.15) is 0 Å². The molecule has 0 aromatic carbocycles. The van der Waals surface area contributed by atoms with Crippen LogP contribution in [0.1, 0.15) is 22.5 Å². The number of alkyl halides is 5. The number of carboxylic acids is 1. The lowest BCUT2D eigenvalue weighted by molar-refractivity contribution is -0.275. The molecule has 0 atom stereocenters. The van der Waals surface area contributed by atoms with Crippen LogP contribution in [0.5, 0.6) is 11.6 Å². The minimum atomic E-state index is -5.33. The molecule has 0 aliphatic carbocycles. The normalized spacial score (nSPS) is 11.5. The van der Waals surface area contributed by atoms with E-state index in [0.29, 0.717) is 6.07 Å². The van der Waals surface area contributed by atoms with Crippen molar-refractivity contribution in [3.05, 3.63) is 17.3 Å². The van der Waals surface area contributed by atoms with Crippen LogP contribution in [0.2, 0.25) is 0 Å². The summed E-state index contributed by atoms with van der Waals surface area (Å²) >= 11 is 0. The van der Waals surface area contributed by atoms with Gasteiger partial charge in [-0.1, -0.05) is 0 Å². The van der Waals surface area contributed by atoms with Crippen LogP contribution in [0.15, 0.2) is 6.07 Å². The number of carbonyl (C=O) groups is 1. The lowest BCUT2D eigenvalue weighted by Crippen LogP contribution is -2.21. The number of aromatic nitrogens is 1. The number of ether oxygens (including phenoxy) is 2. The predicted octanol–water partition coefficient (Wildman–Crippen LogP) is 2.62. The first-order valence-corrected chi connectivity index (χ1v) is 4.51. The molecule has 1 rings (SSSR count). The summed E-state index contributed by atoms with van der Waals surface area (Å²) in [7, 11) is 0.994. The van der Waals surface area contributed by atoms with Gasteiger partial charge in [0.05, 0.1) is 7.11 Å². The molecule has 0 aliphatic heterocycles. The number of hydrogen-bond donors (Lipinski definition) is 1. The number of carboxylic acid groups (broad SMARTS) is 1. The third-order valence-electron chi connectivity index (χ3n) is 1.84.